The number of carbonyl (C=O) groups excluding carboxylic acids is 1. The second-order valence-corrected chi connectivity index (χ2v) is 6.61. The van der Waals surface area contributed by atoms with Crippen LogP contribution in [0.3, 0.4) is 0 Å². The molecule has 1 spiro atoms. The van der Waals surface area contributed by atoms with Crippen molar-refractivity contribution in [2.75, 3.05) is 0 Å². The van der Waals surface area contributed by atoms with Crippen molar-refractivity contribution in [3.05, 3.63) is 54.2 Å². The number of pyridine rings is 1. The van der Waals surface area contributed by atoms with Gasteiger partial charge in [-0.05, 0) is 42.4 Å². The summed E-state index contributed by atoms with van der Waals surface area (Å²) < 4.78 is 5.66. The zero-order valence-corrected chi connectivity index (χ0v) is 13.0. The molecule has 1 atom stereocenters. The van der Waals surface area contributed by atoms with Gasteiger partial charge in [-0.2, -0.15) is 0 Å². The van der Waals surface area contributed by atoms with E-state index in [0.717, 1.165) is 17.7 Å². The van der Waals surface area contributed by atoms with Crippen LogP contribution in [0.2, 0.25) is 0 Å². The lowest BCUT2D eigenvalue weighted by molar-refractivity contribution is -0.123. The van der Waals surface area contributed by atoms with E-state index in [0.29, 0.717) is 17.8 Å². The molecule has 118 valence electrons. The minimum Gasteiger partial charge on any atom is -0.439 e. The summed E-state index contributed by atoms with van der Waals surface area (Å²) in [5.74, 6) is 1.78. The van der Waals surface area contributed by atoms with E-state index < -0.39 is 0 Å². The van der Waals surface area contributed by atoms with Crippen molar-refractivity contribution in [3.8, 4) is 11.6 Å². The average Bonchev–Trinajstić information content (AvgIpc) is 3.31. The number of aromatic nitrogens is 1. The van der Waals surface area contributed by atoms with Crippen molar-refractivity contribution in [1.29, 1.82) is 0 Å². The fourth-order valence-electron chi connectivity index (χ4n) is 3.40. The van der Waals surface area contributed by atoms with Crippen molar-refractivity contribution in [2.24, 2.45) is 11.3 Å². The van der Waals surface area contributed by atoms with Crippen LogP contribution in [0.25, 0.3) is 0 Å². The molecule has 2 aliphatic carbocycles. The van der Waals surface area contributed by atoms with Crippen molar-refractivity contribution in [2.45, 2.75) is 32.2 Å². The summed E-state index contributed by atoms with van der Waals surface area (Å²) in [5, 5.41) is 3.03. The molecule has 2 aromatic rings. The lowest BCUT2D eigenvalue weighted by atomic mass is 9.80. The van der Waals surface area contributed by atoms with Crippen LogP contribution in [-0.4, -0.2) is 10.9 Å². The number of hydrogen-bond acceptors (Lipinski definition) is 3. The van der Waals surface area contributed by atoms with E-state index in [9.17, 15) is 4.79 Å². The fraction of sp³-hybridized carbons (Fsp3) is 0.368. The van der Waals surface area contributed by atoms with E-state index in [1.54, 1.807) is 6.20 Å². The normalized spacial score (nSPS) is 20.6. The summed E-state index contributed by atoms with van der Waals surface area (Å²) in [4.78, 5) is 16.4. The van der Waals surface area contributed by atoms with Crippen molar-refractivity contribution in [3.63, 3.8) is 0 Å². The molecule has 23 heavy (non-hydrogen) atoms. The van der Waals surface area contributed by atoms with Crippen LogP contribution in [0.1, 0.15) is 31.2 Å². The first-order valence-corrected chi connectivity index (χ1v) is 8.21. The molecule has 1 amide bonds. The molecule has 0 radical (unpaired) electrons. The van der Waals surface area contributed by atoms with Gasteiger partial charge in [0.05, 0.1) is 0 Å². The first-order chi connectivity index (χ1) is 11.3. The summed E-state index contributed by atoms with van der Waals surface area (Å²) >= 11 is 0. The second kappa shape index (κ2) is 5.69. The highest BCUT2D eigenvalue weighted by molar-refractivity contribution is 5.82. The molecule has 0 saturated heterocycles. The Hall–Kier alpha value is -2.36. The maximum Gasteiger partial charge on any atom is 0.223 e. The van der Waals surface area contributed by atoms with Crippen LogP contribution in [0.15, 0.2) is 48.7 Å². The highest BCUT2D eigenvalue weighted by atomic mass is 16.5. The lowest BCUT2D eigenvalue weighted by Crippen LogP contribution is -2.29. The number of benzene rings is 1. The predicted octanol–water partition coefficient (Wildman–Crippen LogP) is 3.68. The number of para-hydroxylation sites is 1. The van der Waals surface area contributed by atoms with Gasteiger partial charge in [0, 0.05) is 24.7 Å². The van der Waals surface area contributed by atoms with Gasteiger partial charge in [0.2, 0.25) is 11.8 Å². The van der Waals surface area contributed by atoms with Crippen molar-refractivity contribution in [1.82, 2.24) is 10.3 Å². The largest absolute Gasteiger partial charge is 0.439 e. The number of hydrogen-bond donors (Lipinski definition) is 1. The standard InChI is InChI=1S/C19H20N2O2/c22-18(16-11-19(16)9-4-10-19)21-13-14-7-8-17(20-12-14)23-15-5-2-1-3-6-15/h1-3,5-8,12,16H,4,9-11,13H2,(H,21,22). The van der Waals surface area contributed by atoms with Crippen LogP contribution >= 0.6 is 0 Å². The highest BCUT2D eigenvalue weighted by Gasteiger charge is 2.60. The number of ether oxygens (including phenoxy) is 1. The SMILES string of the molecule is O=C(NCc1ccc(Oc2ccccc2)nc1)C1CC12CCC2. The summed E-state index contributed by atoms with van der Waals surface area (Å²) in [6, 6.07) is 13.3. The Kier molecular flexibility index (Phi) is 3.52. The van der Waals surface area contributed by atoms with E-state index in [1.807, 2.05) is 42.5 Å². The molecule has 0 bridgehead atoms. The van der Waals surface area contributed by atoms with Gasteiger partial charge in [-0.25, -0.2) is 4.98 Å². The minimum absolute atomic E-state index is 0.203. The smallest absolute Gasteiger partial charge is 0.223 e. The van der Waals surface area contributed by atoms with Crippen LogP contribution in [0.5, 0.6) is 11.6 Å². The summed E-state index contributed by atoms with van der Waals surface area (Å²) in [7, 11) is 0. The van der Waals surface area contributed by atoms with Gasteiger partial charge in [-0.3, -0.25) is 4.79 Å². The van der Waals surface area contributed by atoms with E-state index in [2.05, 4.69) is 10.3 Å². The Morgan fingerprint density at radius 2 is 2.04 bits per heavy atom. The summed E-state index contributed by atoms with van der Waals surface area (Å²) in [6.07, 6.45) is 6.60. The second-order valence-electron chi connectivity index (χ2n) is 6.61. The molecule has 1 unspecified atom stereocenters. The van der Waals surface area contributed by atoms with Gasteiger partial charge in [-0.15, -0.1) is 0 Å². The quantitative estimate of drug-likeness (QED) is 0.916. The highest BCUT2D eigenvalue weighted by Crippen LogP contribution is 2.65. The first kappa shape index (κ1) is 14.2. The molecule has 1 aromatic heterocycles. The maximum atomic E-state index is 12.1. The van der Waals surface area contributed by atoms with Crippen LogP contribution in [0.4, 0.5) is 0 Å². The number of rotatable bonds is 5. The fourth-order valence-corrected chi connectivity index (χ4v) is 3.40. The zero-order valence-electron chi connectivity index (χ0n) is 13.0. The van der Waals surface area contributed by atoms with Gasteiger partial charge in [0.1, 0.15) is 5.75 Å². The van der Waals surface area contributed by atoms with Crippen molar-refractivity contribution >= 4 is 5.91 Å². The van der Waals surface area contributed by atoms with Gasteiger partial charge in [0.15, 0.2) is 0 Å². The number of nitrogens with zero attached hydrogens (tertiary/aromatic N) is 1. The third-order valence-corrected chi connectivity index (χ3v) is 5.09. The number of nitrogens with one attached hydrogen (secondary N) is 1. The Labute approximate surface area is 135 Å². The van der Waals surface area contributed by atoms with E-state index in [4.69, 9.17) is 4.74 Å². The molecule has 0 aliphatic heterocycles. The third kappa shape index (κ3) is 2.93. The Morgan fingerprint density at radius 3 is 2.65 bits per heavy atom. The molecule has 2 saturated carbocycles. The molecular weight excluding hydrogens is 288 g/mol. The lowest BCUT2D eigenvalue weighted by Gasteiger charge is -2.26. The minimum atomic E-state index is 0.203. The van der Waals surface area contributed by atoms with Gasteiger partial charge >= 0.3 is 0 Å². The monoisotopic (exact) mass is 308 g/mol. The predicted molar refractivity (Wildman–Crippen MR) is 87.0 cm³/mol. The molecule has 2 fully saturated rings. The zero-order chi connectivity index (χ0) is 15.7. The van der Waals surface area contributed by atoms with Gasteiger partial charge in [-0.1, -0.05) is 30.7 Å². The summed E-state index contributed by atoms with van der Waals surface area (Å²) in [5.41, 5.74) is 1.37. The first-order valence-electron chi connectivity index (χ1n) is 8.21. The van der Waals surface area contributed by atoms with E-state index in [1.165, 1.54) is 19.3 Å². The molecule has 4 nitrogen and oxygen atoms in total. The molecule has 1 aromatic carbocycles. The van der Waals surface area contributed by atoms with E-state index in [-0.39, 0.29) is 11.8 Å². The average molecular weight is 308 g/mol. The molecule has 4 rings (SSSR count). The third-order valence-electron chi connectivity index (χ3n) is 5.09. The van der Waals surface area contributed by atoms with E-state index >= 15 is 0 Å². The number of carbonyl (C=O) groups is 1. The number of amides is 1. The maximum absolute atomic E-state index is 12.1. The molecular formula is C19H20N2O2. The van der Waals surface area contributed by atoms with Crippen LogP contribution in [-0.2, 0) is 11.3 Å². The van der Waals surface area contributed by atoms with Gasteiger partial charge in [0.25, 0.3) is 0 Å². The van der Waals surface area contributed by atoms with Gasteiger partial charge < -0.3 is 10.1 Å². The topological polar surface area (TPSA) is 51.2 Å². The summed E-state index contributed by atoms with van der Waals surface area (Å²) in [6.45, 7) is 0.532. The van der Waals surface area contributed by atoms with Crippen LogP contribution < -0.4 is 10.1 Å². The van der Waals surface area contributed by atoms with Crippen LogP contribution in [0, 0.1) is 11.3 Å². The molecule has 4 heteroatoms. The molecule has 1 heterocycles. The Morgan fingerprint density at radius 1 is 1.22 bits per heavy atom. The Balaban J connectivity index is 1.29. The molecule has 1 N–H and O–H groups in total. The Bertz CT molecular complexity index is 693. The van der Waals surface area contributed by atoms with Crippen molar-refractivity contribution < 1.29 is 9.53 Å². The molecule has 2 aliphatic rings.